The topological polar surface area (TPSA) is 75.9 Å². The fourth-order valence-corrected chi connectivity index (χ4v) is 3.45. The minimum Gasteiger partial charge on any atom is -0.494 e. The van der Waals surface area contributed by atoms with E-state index in [0.29, 0.717) is 19.7 Å². The van der Waals surface area contributed by atoms with E-state index in [1.807, 2.05) is 51.1 Å². The van der Waals surface area contributed by atoms with Crippen LogP contribution < -0.4 is 10.2 Å². The first-order valence-electron chi connectivity index (χ1n) is 9.55. The number of ether oxygens (including phenoxy) is 1. The molecule has 1 aliphatic rings. The Kier molecular flexibility index (Phi) is 6.13. The Morgan fingerprint density at radius 3 is 2.50 bits per heavy atom. The molecule has 1 N–H and O–H groups in total. The van der Waals surface area contributed by atoms with Gasteiger partial charge in [-0.3, -0.25) is 9.59 Å². The van der Waals surface area contributed by atoms with E-state index in [9.17, 15) is 9.59 Å². The predicted molar refractivity (Wildman–Crippen MR) is 108 cm³/mol. The van der Waals surface area contributed by atoms with Gasteiger partial charge in [0.15, 0.2) is 0 Å². The lowest BCUT2D eigenvalue weighted by Gasteiger charge is -2.12. The van der Waals surface area contributed by atoms with E-state index < -0.39 is 11.8 Å². The van der Waals surface area contributed by atoms with Crippen molar-refractivity contribution in [2.24, 2.45) is 5.10 Å². The van der Waals surface area contributed by atoms with E-state index in [4.69, 9.17) is 4.74 Å². The van der Waals surface area contributed by atoms with Crippen molar-refractivity contribution >= 4 is 18.0 Å². The summed E-state index contributed by atoms with van der Waals surface area (Å²) < 4.78 is 7.60. The molecule has 3 rings (SSSR count). The van der Waals surface area contributed by atoms with Gasteiger partial charge in [-0.15, -0.1) is 0 Å². The summed E-state index contributed by atoms with van der Waals surface area (Å²) in [6, 6.07) is 9.87. The summed E-state index contributed by atoms with van der Waals surface area (Å²) in [7, 11) is 0. The van der Waals surface area contributed by atoms with Crippen molar-refractivity contribution in [3.8, 4) is 11.4 Å². The van der Waals surface area contributed by atoms with Crippen LogP contribution >= 0.6 is 0 Å². The molecule has 28 heavy (non-hydrogen) atoms. The summed E-state index contributed by atoms with van der Waals surface area (Å²) >= 11 is 0. The molecular weight excluding hydrogens is 356 g/mol. The molecule has 1 fully saturated rings. The normalized spacial score (nSPS) is 13.9. The van der Waals surface area contributed by atoms with E-state index in [0.717, 1.165) is 41.2 Å². The second kappa shape index (κ2) is 8.73. The number of rotatable bonds is 5. The first kappa shape index (κ1) is 19.7. The van der Waals surface area contributed by atoms with Crippen molar-refractivity contribution in [3.63, 3.8) is 0 Å². The second-order valence-electron chi connectivity index (χ2n) is 6.79. The zero-order valence-corrected chi connectivity index (χ0v) is 16.6. The molecule has 0 radical (unpaired) electrons. The molecule has 0 bridgehead atoms. The fourth-order valence-electron chi connectivity index (χ4n) is 3.45. The van der Waals surface area contributed by atoms with Crippen molar-refractivity contribution in [1.29, 1.82) is 0 Å². The first-order chi connectivity index (χ1) is 13.5. The fraction of sp³-hybridized carbons (Fsp3) is 0.381. The Balaban J connectivity index is 1.70. The van der Waals surface area contributed by atoms with Gasteiger partial charge in [0, 0.05) is 35.7 Å². The van der Waals surface area contributed by atoms with Crippen molar-refractivity contribution in [1.82, 2.24) is 14.9 Å². The number of nitrogens with zero attached hydrogens (tertiary/aromatic N) is 3. The molecule has 2 heterocycles. The number of nitrogens with one attached hydrogen (secondary N) is 1. The Morgan fingerprint density at radius 1 is 1.18 bits per heavy atom. The molecule has 7 nitrogen and oxygen atoms in total. The number of benzene rings is 1. The molecule has 0 spiro atoms. The Hall–Kier alpha value is -3.09. The Bertz CT molecular complexity index is 878. The maximum atomic E-state index is 12.0. The van der Waals surface area contributed by atoms with E-state index >= 15 is 0 Å². The summed E-state index contributed by atoms with van der Waals surface area (Å²) in [5.41, 5.74) is 6.27. The smallest absolute Gasteiger partial charge is 0.329 e. The molecule has 0 aliphatic carbocycles. The molecule has 7 heteroatoms. The first-order valence-corrected chi connectivity index (χ1v) is 9.55. The van der Waals surface area contributed by atoms with Crippen molar-refractivity contribution in [2.75, 3.05) is 19.7 Å². The molecule has 2 aromatic rings. The molecule has 1 aromatic carbocycles. The van der Waals surface area contributed by atoms with Crippen LogP contribution in [0.4, 0.5) is 0 Å². The van der Waals surface area contributed by atoms with Gasteiger partial charge in [-0.2, -0.15) is 5.10 Å². The van der Waals surface area contributed by atoms with Gasteiger partial charge in [-0.05, 0) is 63.9 Å². The van der Waals surface area contributed by atoms with Gasteiger partial charge in [-0.1, -0.05) is 0 Å². The van der Waals surface area contributed by atoms with Gasteiger partial charge in [0.2, 0.25) is 0 Å². The summed E-state index contributed by atoms with van der Waals surface area (Å²) in [5, 5.41) is 3.98. The van der Waals surface area contributed by atoms with Gasteiger partial charge < -0.3 is 14.2 Å². The summed E-state index contributed by atoms with van der Waals surface area (Å²) in [4.78, 5) is 25.5. The van der Waals surface area contributed by atoms with Crippen molar-refractivity contribution in [3.05, 3.63) is 47.3 Å². The molecule has 148 valence electrons. The molecule has 1 aliphatic heterocycles. The van der Waals surface area contributed by atoms with Gasteiger partial charge in [0.1, 0.15) is 5.75 Å². The maximum absolute atomic E-state index is 12.0. The summed E-state index contributed by atoms with van der Waals surface area (Å²) in [6.45, 7) is 7.86. The third-order valence-electron chi connectivity index (χ3n) is 4.83. The van der Waals surface area contributed by atoms with Crippen LogP contribution in [0.3, 0.4) is 0 Å². The molecule has 0 unspecified atom stereocenters. The maximum Gasteiger partial charge on any atom is 0.329 e. The van der Waals surface area contributed by atoms with E-state index in [1.54, 1.807) is 11.1 Å². The van der Waals surface area contributed by atoms with Crippen LogP contribution in [0.25, 0.3) is 5.69 Å². The van der Waals surface area contributed by atoms with Gasteiger partial charge in [0.25, 0.3) is 0 Å². The number of carbonyl (C=O) groups excluding carboxylic acids is 2. The molecular formula is C21H26N4O3. The third-order valence-corrected chi connectivity index (χ3v) is 4.83. The lowest BCUT2D eigenvalue weighted by molar-refractivity contribution is -0.145. The van der Waals surface area contributed by atoms with Crippen LogP contribution in [0.5, 0.6) is 5.75 Å². The number of hydrogen-bond acceptors (Lipinski definition) is 4. The SMILES string of the molecule is CCOc1ccc(-n2c(C)cc(/C=N\NC(=O)C(=O)N3CCCC3)c2C)cc1. The number of likely N-dealkylation sites (tertiary alicyclic amines) is 1. The number of aromatic nitrogens is 1. The number of carbonyl (C=O) groups is 2. The Morgan fingerprint density at radius 2 is 1.86 bits per heavy atom. The van der Waals surface area contributed by atoms with Crippen LogP contribution in [-0.2, 0) is 9.59 Å². The molecule has 1 aromatic heterocycles. The third kappa shape index (κ3) is 4.24. The van der Waals surface area contributed by atoms with E-state index in [-0.39, 0.29) is 0 Å². The zero-order valence-electron chi connectivity index (χ0n) is 16.6. The molecule has 1 saturated heterocycles. The van der Waals surface area contributed by atoms with Crippen LogP contribution in [0.15, 0.2) is 35.4 Å². The highest BCUT2D eigenvalue weighted by molar-refractivity contribution is 6.35. The number of hydrogen-bond donors (Lipinski definition) is 1. The molecule has 0 saturated carbocycles. The molecule has 0 atom stereocenters. The lowest BCUT2D eigenvalue weighted by atomic mass is 10.2. The highest BCUT2D eigenvalue weighted by atomic mass is 16.5. The lowest BCUT2D eigenvalue weighted by Crippen LogP contribution is -2.39. The van der Waals surface area contributed by atoms with Crippen LogP contribution in [0.1, 0.15) is 36.7 Å². The largest absolute Gasteiger partial charge is 0.494 e. The quantitative estimate of drug-likeness (QED) is 0.491. The number of aryl methyl sites for hydroxylation is 1. The monoisotopic (exact) mass is 382 g/mol. The van der Waals surface area contributed by atoms with E-state index in [1.165, 1.54) is 0 Å². The van der Waals surface area contributed by atoms with E-state index in [2.05, 4.69) is 15.1 Å². The number of hydrazone groups is 1. The standard InChI is InChI=1S/C21H26N4O3/c1-4-28-19-9-7-18(8-10-19)25-15(2)13-17(16(25)3)14-22-23-20(26)21(27)24-11-5-6-12-24/h7-10,13-14H,4-6,11-12H2,1-3H3,(H,23,26)/b22-14-. The predicted octanol–water partition coefficient (Wildman–Crippen LogP) is 2.57. The molecule has 2 amide bonds. The van der Waals surface area contributed by atoms with Crippen molar-refractivity contribution < 1.29 is 14.3 Å². The van der Waals surface area contributed by atoms with Crippen LogP contribution in [-0.4, -0.2) is 47.2 Å². The highest BCUT2D eigenvalue weighted by Crippen LogP contribution is 2.22. The Labute approximate surface area is 165 Å². The summed E-state index contributed by atoms with van der Waals surface area (Å²) in [6.07, 6.45) is 3.46. The average molecular weight is 382 g/mol. The van der Waals surface area contributed by atoms with Crippen molar-refractivity contribution in [2.45, 2.75) is 33.6 Å². The van der Waals surface area contributed by atoms with Gasteiger partial charge in [0.05, 0.1) is 12.8 Å². The average Bonchev–Trinajstić information content (AvgIpc) is 3.31. The number of amides is 2. The van der Waals surface area contributed by atoms with Crippen LogP contribution in [0.2, 0.25) is 0 Å². The van der Waals surface area contributed by atoms with Gasteiger partial charge >= 0.3 is 11.8 Å². The highest BCUT2D eigenvalue weighted by Gasteiger charge is 2.24. The minimum absolute atomic E-state index is 0.519. The van der Waals surface area contributed by atoms with Crippen LogP contribution in [0, 0.1) is 13.8 Å². The van der Waals surface area contributed by atoms with Gasteiger partial charge in [-0.25, -0.2) is 5.43 Å². The second-order valence-corrected chi connectivity index (χ2v) is 6.79. The zero-order chi connectivity index (χ0) is 20.1. The summed E-state index contributed by atoms with van der Waals surface area (Å²) in [5.74, 6) is -0.381. The minimum atomic E-state index is -0.696.